The van der Waals surface area contributed by atoms with E-state index in [0.29, 0.717) is 5.56 Å². The number of halogens is 1. The standard InChI is InChI=1S/C11H14BrNO2/c1-3-6-13(2)10-5-4-8(11(14)15)7-9(10)12/h4-5,7H,3,6H2,1-2H3,(H,14,15). The van der Waals surface area contributed by atoms with Crippen molar-refractivity contribution in [3.63, 3.8) is 0 Å². The Morgan fingerprint density at radius 3 is 2.67 bits per heavy atom. The fourth-order valence-corrected chi connectivity index (χ4v) is 2.09. The molecule has 0 radical (unpaired) electrons. The van der Waals surface area contributed by atoms with Gasteiger partial charge in [-0.05, 0) is 40.5 Å². The van der Waals surface area contributed by atoms with E-state index in [-0.39, 0.29) is 0 Å². The van der Waals surface area contributed by atoms with Crippen LogP contribution in [-0.2, 0) is 0 Å². The molecule has 0 saturated heterocycles. The topological polar surface area (TPSA) is 40.5 Å². The molecular formula is C11H14BrNO2. The Bertz CT molecular complexity index is 366. The summed E-state index contributed by atoms with van der Waals surface area (Å²) in [5, 5.41) is 8.81. The lowest BCUT2D eigenvalue weighted by atomic mass is 10.2. The molecule has 0 unspecified atom stereocenters. The number of benzene rings is 1. The molecule has 0 atom stereocenters. The third kappa shape index (κ3) is 2.96. The van der Waals surface area contributed by atoms with Crippen LogP contribution in [0.15, 0.2) is 22.7 Å². The van der Waals surface area contributed by atoms with Gasteiger partial charge in [0.2, 0.25) is 0 Å². The third-order valence-corrected chi connectivity index (χ3v) is 2.80. The molecule has 0 heterocycles. The number of nitrogens with zero attached hydrogens (tertiary/aromatic N) is 1. The average molecular weight is 272 g/mol. The Labute approximate surface area is 97.8 Å². The van der Waals surface area contributed by atoms with Crippen LogP contribution in [0, 0.1) is 0 Å². The quantitative estimate of drug-likeness (QED) is 0.916. The molecule has 15 heavy (non-hydrogen) atoms. The van der Waals surface area contributed by atoms with Crippen molar-refractivity contribution < 1.29 is 9.90 Å². The van der Waals surface area contributed by atoms with Gasteiger partial charge in [-0.25, -0.2) is 4.79 Å². The molecule has 1 aromatic rings. The summed E-state index contributed by atoms with van der Waals surface area (Å²) in [5.74, 6) is -0.902. The number of hydrogen-bond donors (Lipinski definition) is 1. The molecule has 0 amide bonds. The maximum absolute atomic E-state index is 10.7. The molecular weight excluding hydrogens is 258 g/mol. The number of aromatic carboxylic acids is 1. The van der Waals surface area contributed by atoms with E-state index >= 15 is 0 Å². The van der Waals surface area contributed by atoms with Gasteiger partial charge in [-0.15, -0.1) is 0 Å². The largest absolute Gasteiger partial charge is 0.478 e. The summed E-state index contributed by atoms with van der Waals surface area (Å²) in [6.45, 7) is 3.06. The smallest absolute Gasteiger partial charge is 0.335 e. The molecule has 4 heteroatoms. The van der Waals surface area contributed by atoms with Crippen molar-refractivity contribution in [3.05, 3.63) is 28.2 Å². The van der Waals surface area contributed by atoms with E-state index in [1.807, 2.05) is 13.1 Å². The third-order valence-electron chi connectivity index (χ3n) is 2.16. The molecule has 82 valence electrons. The van der Waals surface area contributed by atoms with Crippen LogP contribution < -0.4 is 4.90 Å². The van der Waals surface area contributed by atoms with Crippen molar-refractivity contribution in [1.29, 1.82) is 0 Å². The van der Waals surface area contributed by atoms with Gasteiger partial charge in [0.15, 0.2) is 0 Å². The maximum Gasteiger partial charge on any atom is 0.335 e. The van der Waals surface area contributed by atoms with Crippen LogP contribution in [0.4, 0.5) is 5.69 Å². The van der Waals surface area contributed by atoms with E-state index in [1.54, 1.807) is 12.1 Å². The van der Waals surface area contributed by atoms with Gasteiger partial charge < -0.3 is 10.0 Å². The van der Waals surface area contributed by atoms with Crippen LogP contribution in [-0.4, -0.2) is 24.7 Å². The Morgan fingerprint density at radius 2 is 2.20 bits per heavy atom. The fraction of sp³-hybridized carbons (Fsp3) is 0.364. The van der Waals surface area contributed by atoms with E-state index in [2.05, 4.69) is 27.8 Å². The summed E-state index contributed by atoms with van der Waals surface area (Å²) in [5.41, 5.74) is 1.32. The van der Waals surface area contributed by atoms with Gasteiger partial charge in [0.1, 0.15) is 0 Å². The minimum absolute atomic E-state index is 0.301. The first-order valence-corrected chi connectivity index (χ1v) is 5.59. The maximum atomic E-state index is 10.7. The van der Waals surface area contributed by atoms with E-state index < -0.39 is 5.97 Å². The molecule has 1 N–H and O–H groups in total. The van der Waals surface area contributed by atoms with Crippen molar-refractivity contribution in [2.45, 2.75) is 13.3 Å². The second-order valence-electron chi connectivity index (χ2n) is 3.39. The van der Waals surface area contributed by atoms with Gasteiger partial charge in [-0.2, -0.15) is 0 Å². The highest BCUT2D eigenvalue weighted by atomic mass is 79.9. The van der Waals surface area contributed by atoms with Crippen LogP contribution in [0.5, 0.6) is 0 Å². The molecule has 0 aromatic heterocycles. The van der Waals surface area contributed by atoms with Crippen molar-refractivity contribution in [1.82, 2.24) is 0 Å². The molecule has 0 aliphatic heterocycles. The molecule has 0 fully saturated rings. The van der Waals surface area contributed by atoms with Crippen LogP contribution in [0.1, 0.15) is 23.7 Å². The lowest BCUT2D eigenvalue weighted by Crippen LogP contribution is -2.18. The zero-order chi connectivity index (χ0) is 11.4. The number of carbonyl (C=O) groups is 1. The lowest BCUT2D eigenvalue weighted by molar-refractivity contribution is 0.0697. The number of carboxylic acids is 1. The minimum atomic E-state index is -0.902. The van der Waals surface area contributed by atoms with E-state index in [1.165, 1.54) is 0 Å². The number of anilines is 1. The van der Waals surface area contributed by atoms with Crippen LogP contribution in [0.25, 0.3) is 0 Å². The summed E-state index contributed by atoms with van der Waals surface area (Å²) in [6.07, 6.45) is 1.06. The normalized spacial score (nSPS) is 10.1. The van der Waals surface area contributed by atoms with Crippen molar-refractivity contribution in [2.24, 2.45) is 0 Å². The first kappa shape index (κ1) is 12.0. The van der Waals surface area contributed by atoms with Crippen LogP contribution >= 0.6 is 15.9 Å². The summed E-state index contributed by atoms with van der Waals surface area (Å²) in [7, 11) is 1.99. The van der Waals surface area contributed by atoms with Crippen molar-refractivity contribution in [2.75, 3.05) is 18.5 Å². The number of carboxylic acid groups (broad SMARTS) is 1. The molecule has 1 rings (SSSR count). The highest BCUT2D eigenvalue weighted by molar-refractivity contribution is 9.10. The van der Waals surface area contributed by atoms with Gasteiger partial charge in [-0.1, -0.05) is 6.92 Å². The minimum Gasteiger partial charge on any atom is -0.478 e. The van der Waals surface area contributed by atoms with Crippen molar-refractivity contribution in [3.8, 4) is 0 Å². The number of rotatable bonds is 4. The first-order valence-electron chi connectivity index (χ1n) is 4.80. The number of hydrogen-bond acceptors (Lipinski definition) is 2. The Balaban J connectivity index is 2.97. The molecule has 0 spiro atoms. The van der Waals surface area contributed by atoms with Gasteiger partial charge in [-0.3, -0.25) is 0 Å². The summed E-state index contributed by atoms with van der Waals surface area (Å²) in [4.78, 5) is 12.8. The van der Waals surface area contributed by atoms with Crippen molar-refractivity contribution >= 4 is 27.6 Å². The molecule has 0 saturated carbocycles. The summed E-state index contributed by atoms with van der Waals surface area (Å²) in [6, 6.07) is 5.07. The zero-order valence-corrected chi connectivity index (χ0v) is 10.4. The van der Waals surface area contributed by atoms with Gasteiger partial charge >= 0.3 is 5.97 Å². The zero-order valence-electron chi connectivity index (χ0n) is 8.83. The first-order chi connectivity index (χ1) is 7.06. The van der Waals surface area contributed by atoms with Gasteiger partial charge in [0.25, 0.3) is 0 Å². The predicted molar refractivity (Wildman–Crippen MR) is 64.7 cm³/mol. The molecule has 1 aromatic carbocycles. The van der Waals surface area contributed by atoms with E-state index in [4.69, 9.17) is 5.11 Å². The Kier molecular flexibility index (Phi) is 4.15. The van der Waals surface area contributed by atoms with Gasteiger partial charge in [0.05, 0.1) is 11.3 Å². The lowest BCUT2D eigenvalue weighted by Gasteiger charge is -2.20. The van der Waals surface area contributed by atoms with E-state index in [9.17, 15) is 4.79 Å². The monoisotopic (exact) mass is 271 g/mol. The Hall–Kier alpha value is -1.03. The SMILES string of the molecule is CCCN(C)c1ccc(C(=O)O)cc1Br. The second-order valence-corrected chi connectivity index (χ2v) is 4.25. The highest BCUT2D eigenvalue weighted by Gasteiger charge is 2.08. The average Bonchev–Trinajstić information content (AvgIpc) is 2.17. The van der Waals surface area contributed by atoms with E-state index in [0.717, 1.165) is 23.1 Å². The Morgan fingerprint density at radius 1 is 1.53 bits per heavy atom. The summed E-state index contributed by atoms with van der Waals surface area (Å²) < 4.78 is 0.818. The summed E-state index contributed by atoms with van der Waals surface area (Å²) >= 11 is 3.38. The van der Waals surface area contributed by atoms with Gasteiger partial charge in [0, 0.05) is 18.1 Å². The fourth-order valence-electron chi connectivity index (χ4n) is 1.41. The molecule has 0 aliphatic rings. The van der Waals surface area contributed by atoms with Crippen LogP contribution in [0.3, 0.4) is 0 Å². The molecule has 0 aliphatic carbocycles. The molecule has 0 bridgehead atoms. The second kappa shape index (κ2) is 5.16. The molecule has 3 nitrogen and oxygen atoms in total. The van der Waals surface area contributed by atoms with Crippen LogP contribution in [0.2, 0.25) is 0 Å². The predicted octanol–water partition coefficient (Wildman–Crippen LogP) is 2.99. The highest BCUT2D eigenvalue weighted by Crippen LogP contribution is 2.26.